The van der Waals surface area contributed by atoms with Crippen LogP contribution in [0.1, 0.15) is 0 Å². The SMILES string of the molecule is CN(C)C(=O)[C@H](N)CO.O=C(O)C(F)(F)F. The number of alkyl halides is 3. The minimum atomic E-state index is -5.08. The molecule has 0 aromatic carbocycles. The third kappa shape index (κ3) is 8.00. The number of aliphatic carboxylic acids is 1. The molecule has 1 atom stereocenters. The number of carboxylic acid groups (broad SMARTS) is 1. The van der Waals surface area contributed by atoms with Crippen LogP contribution in [-0.2, 0) is 9.59 Å². The number of nitrogens with two attached hydrogens (primary N) is 1. The van der Waals surface area contributed by atoms with Gasteiger partial charge in [-0.1, -0.05) is 0 Å². The smallest absolute Gasteiger partial charge is 0.475 e. The molecule has 0 aliphatic rings. The van der Waals surface area contributed by atoms with E-state index in [1.54, 1.807) is 14.1 Å². The Bertz CT molecular complexity index is 242. The first-order valence-electron chi connectivity index (χ1n) is 3.91. The number of likely N-dealkylation sites (N-methyl/N-ethyl adjacent to an activating group) is 1. The van der Waals surface area contributed by atoms with E-state index in [0.717, 1.165) is 0 Å². The summed E-state index contributed by atoms with van der Waals surface area (Å²) in [5.74, 6) is -3.01. The van der Waals surface area contributed by atoms with Gasteiger partial charge in [0.15, 0.2) is 0 Å². The summed E-state index contributed by atoms with van der Waals surface area (Å²) in [7, 11) is 3.19. The maximum absolute atomic E-state index is 10.7. The maximum Gasteiger partial charge on any atom is 0.490 e. The molecule has 6 nitrogen and oxygen atoms in total. The monoisotopic (exact) mass is 246 g/mol. The van der Waals surface area contributed by atoms with E-state index in [2.05, 4.69) is 0 Å². The lowest BCUT2D eigenvalue weighted by atomic mass is 10.3. The minimum Gasteiger partial charge on any atom is -0.475 e. The number of halogens is 3. The van der Waals surface area contributed by atoms with Crippen LogP contribution in [0, 0.1) is 0 Å². The van der Waals surface area contributed by atoms with E-state index in [0.29, 0.717) is 0 Å². The molecule has 0 saturated heterocycles. The molecule has 0 aromatic rings. The quantitative estimate of drug-likeness (QED) is 0.581. The second kappa shape index (κ2) is 7.01. The van der Waals surface area contributed by atoms with Crippen LogP contribution in [0.2, 0.25) is 0 Å². The van der Waals surface area contributed by atoms with Crippen molar-refractivity contribution in [3.8, 4) is 0 Å². The van der Waals surface area contributed by atoms with Crippen LogP contribution >= 0.6 is 0 Å². The van der Waals surface area contributed by atoms with Crippen LogP contribution in [0.25, 0.3) is 0 Å². The van der Waals surface area contributed by atoms with Gasteiger partial charge >= 0.3 is 12.1 Å². The van der Waals surface area contributed by atoms with Gasteiger partial charge in [0.2, 0.25) is 5.91 Å². The van der Waals surface area contributed by atoms with E-state index in [1.165, 1.54) is 4.90 Å². The Kier molecular flexibility index (Phi) is 7.48. The molecule has 16 heavy (non-hydrogen) atoms. The summed E-state index contributed by atoms with van der Waals surface area (Å²) < 4.78 is 31.7. The first-order valence-corrected chi connectivity index (χ1v) is 3.91. The molecule has 0 saturated carbocycles. The van der Waals surface area contributed by atoms with Crippen molar-refractivity contribution in [3.63, 3.8) is 0 Å². The molecular formula is C7H13F3N2O4. The topological polar surface area (TPSA) is 104 Å². The fourth-order valence-electron chi connectivity index (χ4n) is 0.410. The van der Waals surface area contributed by atoms with E-state index in [9.17, 15) is 18.0 Å². The normalized spacial score (nSPS) is 12.2. The minimum absolute atomic E-state index is 0.252. The zero-order valence-corrected chi connectivity index (χ0v) is 8.65. The van der Waals surface area contributed by atoms with Gasteiger partial charge in [-0.25, -0.2) is 4.79 Å². The van der Waals surface area contributed by atoms with Crippen LogP contribution in [0.4, 0.5) is 13.2 Å². The van der Waals surface area contributed by atoms with Gasteiger partial charge in [-0.2, -0.15) is 13.2 Å². The molecule has 0 heterocycles. The van der Waals surface area contributed by atoms with Crippen molar-refractivity contribution < 1.29 is 33.0 Å². The lowest BCUT2D eigenvalue weighted by Crippen LogP contribution is -2.42. The number of carbonyl (C=O) groups excluding carboxylic acids is 1. The Morgan fingerprint density at radius 3 is 1.75 bits per heavy atom. The zero-order chi connectivity index (χ0) is 13.5. The van der Waals surface area contributed by atoms with Gasteiger partial charge in [-0.15, -0.1) is 0 Å². The summed E-state index contributed by atoms with van der Waals surface area (Å²) in [5.41, 5.74) is 5.18. The summed E-state index contributed by atoms with van der Waals surface area (Å²) in [4.78, 5) is 21.0. The summed E-state index contributed by atoms with van der Waals surface area (Å²) in [5, 5.41) is 15.5. The van der Waals surface area contributed by atoms with Crippen LogP contribution in [0.5, 0.6) is 0 Å². The summed E-state index contributed by atoms with van der Waals surface area (Å²) in [6.07, 6.45) is -5.08. The zero-order valence-electron chi connectivity index (χ0n) is 8.65. The Morgan fingerprint density at radius 2 is 1.69 bits per heavy atom. The van der Waals surface area contributed by atoms with Crippen molar-refractivity contribution in [1.29, 1.82) is 0 Å². The van der Waals surface area contributed by atoms with Crippen LogP contribution in [0.3, 0.4) is 0 Å². The van der Waals surface area contributed by atoms with Crippen LogP contribution in [0.15, 0.2) is 0 Å². The van der Waals surface area contributed by atoms with E-state index < -0.39 is 18.2 Å². The Morgan fingerprint density at radius 1 is 1.38 bits per heavy atom. The van der Waals surface area contributed by atoms with Gasteiger partial charge in [-0.3, -0.25) is 4.79 Å². The first-order chi connectivity index (χ1) is 7.03. The fraction of sp³-hybridized carbons (Fsp3) is 0.714. The highest BCUT2D eigenvalue weighted by Gasteiger charge is 2.38. The van der Waals surface area contributed by atoms with E-state index in [1.807, 2.05) is 0 Å². The van der Waals surface area contributed by atoms with Crippen molar-refractivity contribution in [3.05, 3.63) is 0 Å². The molecule has 96 valence electrons. The van der Waals surface area contributed by atoms with Gasteiger partial charge < -0.3 is 20.8 Å². The van der Waals surface area contributed by atoms with Crippen molar-refractivity contribution in [2.24, 2.45) is 5.73 Å². The lowest BCUT2D eigenvalue weighted by Gasteiger charge is -2.13. The number of carboxylic acids is 1. The van der Waals surface area contributed by atoms with Crippen LogP contribution in [-0.4, -0.2) is 59.9 Å². The van der Waals surface area contributed by atoms with Gasteiger partial charge in [0, 0.05) is 14.1 Å². The molecule has 0 aromatic heterocycles. The number of amides is 1. The molecule has 0 rings (SSSR count). The van der Waals surface area contributed by atoms with Crippen molar-refractivity contribution in [1.82, 2.24) is 4.90 Å². The summed E-state index contributed by atoms with van der Waals surface area (Å²) in [6.45, 7) is -0.295. The molecule has 1 amide bonds. The van der Waals surface area contributed by atoms with Crippen LogP contribution < -0.4 is 5.73 Å². The number of hydrogen-bond acceptors (Lipinski definition) is 4. The molecule has 0 aliphatic heterocycles. The van der Waals surface area contributed by atoms with Gasteiger partial charge in [-0.05, 0) is 0 Å². The molecular weight excluding hydrogens is 233 g/mol. The molecule has 0 aliphatic carbocycles. The highest BCUT2D eigenvalue weighted by molar-refractivity contribution is 5.81. The Balaban J connectivity index is 0. The number of rotatable bonds is 2. The second-order valence-electron chi connectivity index (χ2n) is 2.82. The highest BCUT2D eigenvalue weighted by Crippen LogP contribution is 2.13. The Hall–Kier alpha value is -1.35. The largest absolute Gasteiger partial charge is 0.490 e. The number of nitrogens with zero attached hydrogens (tertiary/aromatic N) is 1. The van der Waals surface area contributed by atoms with Crippen molar-refractivity contribution >= 4 is 11.9 Å². The number of aliphatic hydroxyl groups excluding tert-OH is 1. The van der Waals surface area contributed by atoms with E-state index in [4.69, 9.17) is 20.7 Å². The van der Waals surface area contributed by atoms with Gasteiger partial charge in [0.05, 0.1) is 6.61 Å². The average Bonchev–Trinajstić information content (AvgIpc) is 2.14. The van der Waals surface area contributed by atoms with Crippen molar-refractivity contribution in [2.45, 2.75) is 12.2 Å². The van der Waals surface area contributed by atoms with Crippen molar-refractivity contribution in [2.75, 3.05) is 20.7 Å². The second-order valence-corrected chi connectivity index (χ2v) is 2.82. The van der Waals surface area contributed by atoms with E-state index in [-0.39, 0.29) is 12.5 Å². The lowest BCUT2D eigenvalue weighted by molar-refractivity contribution is -0.192. The standard InChI is InChI=1S/C5H12N2O2.C2HF3O2/c1-7(2)5(9)4(6)3-8;3-2(4,5)1(6)7/h4,8H,3,6H2,1-2H3;(H,6,7)/t4-;/m1./s1. The third-order valence-electron chi connectivity index (χ3n) is 1.20. The predicted molar refractivity (Wildman–Crippen MR) is 47.4 cm³/mol. The molecule has 0 unspecified atom stereocenters. The third-order valence-corrected chi connectivity index (χ3v) is 1.20. The summed E-state index contributed by atoms with van der Waals surface area (Å²) >= 11 is 0. The number of aliphatic hydroxyl groups is 1. The molecule has 0 spiro atoms. The first kappa shape index (κ1) is 17.1. The number of hydrogen-bond donors (Lipinski definition) is 3. The predicted octanol–water partition coefficient (Wildman–Crippen LogP) is -0.972. The Labute approximate surface area is 89.4 Å². The van der Waals surface area contributed by atoms with E-state index >= 15 is 0 Å². The fourth-order valence-corrected chi connectivity index (χ4v) is 0.410. The number of carbonyl (C=O) groups is 2. The average molecular weight is 246 g/mol. The molecule has 0 fully saturated rings. The molecule has 0 radical (unpaired) electrons. The molecule has 0 bridgehead atoms. The summed E-state index contributed by atoms with van der Waals surface area (Å²) in [6, 6.07) is -0.764. The highest BCUT2D eigenvalue weighted by atomic mass is 19.4. The van der Waals surface area contributed by atoms with Gasteiger partial charge in [0.25, 0.3) is 0 Å². The maximum atomic E-state index is 10.7. The van der Waals surface area contributed by atoms with Gasteiger partial charge in [0.1, 0.15) is 6.04 Å². The molecule has 9 heteroatoms. The molecule has 4 N–H and O–H groups in total.